The van der Waals surface area contributed by atoms with Crippen molar-refractivity contribution in [1.29, 1.82) is 0 Å². The van der Waals surface area contributed by atoms with E-state index >= 15 is 0 Å². The summed E-state index contributed by atoms with van der Waals surface area (Å²) >= 11 is 5.92. The number of ether oxygens (including phenoxy) is 1. The smallest absolute Gasteiger partial charge is 0.315 e. The third-order valence-electron chi connectivity index (χ3n) is 4.81. The zero-order valence-electron chi connectivity index (χ0n) is 13.2. The topological polar surface area (TPSA) is 70.6 Å². The summed E-state index contributed by atoms with van der Waals surface area (Å²) in [4.78, 5) is 12.3. The fraction of sp³-hybridized carbons (Fsp3) is 0.588. The molecule has 5 nitrogen and oxygen atoms in total. The molecule has 0 bridgehead atoms. The molecule has 3 unspecified atom stereocenters. The van der Waals surface area contributed by atoms with Gasteiger partial charge >= 0.3 is 6.03 Å². The second-order valence-corrected chi connectivity index (χ2v) is 7.12. The van der Waals surface area contributed by atoms with E-state index in [1.165, 1.54) is 0 Å². The van der Waals surface area contributed by atoms with Gasteiger partial charge in [-0.15, -0.1) is 0 Å². The Morgan fingerprint density at radius 1 is 1.35 bits per heavy atom. The molecule has 0 spiro atoms. The van der Waals surface area contributed by atoms with Crippen LogP contribution in [-0.2, 0) is 4.74 Å². The van der Waals surface area contributed by atoms with E-state index in [2.05, 4.69) is 10.6 Å². The SMILES string of the molecule is CC(CO)(NC(=O)NC1CCOC1c1ccc(Cl)cc1)C1CC1. The zero-order chi connectivity index (χ0) is 16.4. The lowest BCUT2D eigenvalue weighted by Gasteiger charge is -2.30. The first-order valence-corrected chi connectivity index (χ1v) is 8.46. The van der Waals surface area contributed by atoms with Crippen molar-refractivity contribution in [2.24, 2.45) is 5.92 Å². The minimum Gasteiger partial charge on any atom is -0.394 e. The predicted molar refractivity (Wildman–Crippen MR) is 88.4 cm³/mol. The Balaban J connectivity index is 1.62. The van der Waals surface area contributed by atoms with Gasteiger partial charge in [0.2, 0.25) is 0 Å². The molecular formula is C17H23ClN2O3. The van der Waals surface area contributed by atoms with Crippen LogP contribution in [0.5, 0.6) is 0 Å². The number of nitrogens with one attached hydrogen (secondary N) is 2. The van der Waals surface area contributed by atoms with Crippen molar-refractivity contribution in [3.8, 4) is 0 Å². The third-order valence-corrected chi connectivity index (χ3v) is 5.06. The van der Waals surface area contributed by atoms with Gasteiger partial charge in [0.1, 0.15) is 6.10 Å². The molecule has 1 aromatic carbocycles. The molecule has 6 heteroatoms. The van der Waals surface area contributed by atoms with Gasteiger partial charge in [0.05, 0.1) is 18.2 Å². The summed E-state index contributed by atoms with van der Waals surface area (Å²) < 4.78 is 5.77. The van der Waals surface area contributed by atoms with Crippen LogP contribution in [0.2, 0.25) is 5.02 Å². The number of carbonyl (C=O) groups excluding carboxylic acids is 1. The number of rotatable bonds is 5. The molecule has 1 aliphatic heterocycles. The lowest BCUT2D eigenvalue weighted by Crippen LogP contribution is -2.56. The van der Waals surface area contributed by atoms with Crippen molar-refractivity contribution in [3.63, 3.8) is 0 Å². The summed E-state index contributed by atoms with van der Waals surface area (Å²) in [5, 5.41) is 16.2. The maximum Gasteiger partial charge on any atom is 0.315 e. The van der Waals surface area contributed by atoms with Gasteiger partial charge in [-0.1, -0.05) is 23.7 Å². The van der Waals surface area contributed by atoms with Crippen LogP contribution in [0.4, 0.5) is 4.79 Å². The lowest BCUT2D eigenvalue weighted by molar-refractivity contribution is 0.0986. The zero-order valence-corrected chi connectivity index (χ0v) is 14.0. The molecule has 23 heavy (non-hydrogen) atoms. The average molecular weight is 339 g/mol. The Hall–Kier alpha value is -1.30. The Labute approximate surface area is 141 Å². The summed E-state index contributed by atoms with van der Waals surface area (Å²) in [6, 6.07) is 7.16. The molecule has 3 N–H and O–H groups in total. The summed E-state index contributed by atoms with van der Waals surface area (Å²) in [6.07, 6.45) is 2.70. The number of aliphatic hydroxyl groups is 1. The molecule has 126 valence electrons. The average Bonchev–Trinajstić information content (AvgIpc) is 3.30. The summed E-state index contributed by atoms with van der Waals surface area (Å²) in [7, 11) is 0. The first kappa shape index (κ1) is 16.6. The van der Waals surface area contributed by atoms with E-state index in [0.29, 0.717) is 17.5 Å². The molecule has 2 amide bonds. The van der Waals surface area contributed by atoms with E-state index in [1.54, 1.807) is 0 Å². The van der Waals surface area contributed by atoms with Crippen LogP contribution >= 0.6 is 11.6 Å². The number of hydrogen-bond donors (Lipinski definition) is 3. The molecule has 3 atom stereocenters. The van der Waals surface area contributed by atoms with E-state index in [4.69, 9.17) is 16.3 Å². The normalized spacial score (nSPS) is 26.6. The molecule has 2 aliphatic rings. The van der Waals surface area contributed by atoms with Crippen molar-refractivity contribution in [3.05, 3.63) is 34.9 Å². The molecule has 3 rings (SSSR count). The van der Waals surface area contributed by atoms with Crippen LogP contribution in [0.3, 0.4) is 0 Å². The molecular weight excluding hydrogens is 316 g/mol. The Morgan fingerprint density at radius 2 is 2.04 bits per heavy atom. The number of urea groups is 1. The second kappa shape index (κ2) is 6.67. The van der Waals surface area contributed by atoms with Gasteiger partial charge in [0, 0.05) is 11.6 Å². The van der Waals surface area contributed by atoms with Crippen molar-refractivity contribution < 1.29 is 14.6 Å². The van der Waals surface area contributed by atoms with Gasteiger partial charge in [-0.3, -0.25) is 0 Å². The van der Waals surface area contributed by atoms with Crippen molar-refractivity contribution in [2.75, 3.05) is 13.2 Å². The minimum atomic E-state index is -0.542. The number of aliphatic hydroxyl groups excluding tert-OH is 1. The molecule has 0 aromatic heterocycles. The number of hydrogen-bond acceptors (Lipinski definition) is 3. The van der Waals surface area contributed by atoms with E-state index < -0.39 is 5.54 Å². The van der Waals surface area contributed by atoms with Gasteiger partial charge in [-0.25, -0.2) is 4.79 Å². The second-order valence-electron chi connectivity index (χ2n) is 6.69. The highest BCUT2D eigenvalue weighted by molar-refractivity contribution is 6.30. The van der Waals surface area contributed by atoms with E-state index in [1.807, 2.05) is 31.2 Å². The Kier molecular flexibility index (Phi) is 4.80. The van der Waals surface area contributed by atoms with Crippen molar-refractivity contribution >= 4 is 17.6 Å². The fourth-order valence-corrected chi connectivity index (χ4v) is 3.30. The minimum absolute atomic E-state index is 0.0487. The van der Waals surface area contributed by atoms with E-state index in [9.17, 15) is 9.90 Å². The molecule has 1 aliphatic carbocycles. The van der Waals surface area contributed by atoms with Crippen LogP contribution in [0.25, 0.3) is 0 Å². The molecule has 1 saturated heterocycles. The number of carbonyl (C=O) groups is 1. The molecule has 2 fully saturated rings. The maximum absolute atomic E-state index is 12.3. The fourth-order valence-electron chi connectivity index (χ4n) is 3.17. The molecule has 1 saturated carbocycles. The Morgan fingerprint density at radius 3 is 2.65 bits per heavy atom. The number of halogens is 1. The Bertz CT molecular complexity index is 561. The maximum atomic E-state index is 12.3. The van der Waals surface area contributed by atoms with E-state index in [-0.39, 0.29) is 24.8 Å². The first-order chi connectivity index (χ1) is 11.0. The molecule has 1 heterocycles. The van der Waals surface area contributed by atoms with Gasteiger partial charge < -0.3 is 20.5 Å². The third kappa shape index (κ3) is 3.79. The van der Waals surface area contributed by atoms with Crippen LogP contribution in [0.1, 0.15) is 37.9 Å². The van der Waals surface area contributed by atoms with Gasteiger partial charge in [-0.2, -0.15) is 0 Å². The lowest BCUT2D eigenvalue weighted by atomic mass is 9.97. The number of benzene rings is 1. The van der Waals surface area contributed by atoms with E-state index in [0.717, 1.165) is 24.8 Å². The van der Waals surface area contributed by atoms with Gasteiger partial charge in [-0.05, 0) is 49.8 Å². The predicted octanol–water partition coefficient (Wildman–Crippen LogP) is 2.63. The quantitative estimate of drug-likeness (QED) is 0.773. The summed E-state index contributed by atoms with van der Waals surface area (Å²) in [5.74, 6) is 0.366. The summed E-state index contributed by atoms with van der Waals surface area (Å²) in [5.41, 5.74) is 0.462. The van der Waals surface area contributed by atoms with Crippen LogP contribution in [-0.4, -0.2) is 35.9 Å². The van der Waals surface area contributed by atoms with Crippen molar-refractivity contribution in [2.45, 2.75) is 43.9 Å². The van der Waals surface area contributed by atoms with Crippen molar-refractivity contribution in [1.82, 2.24) is 10.6 Å². The van der Waals surface area contributed by atoms with Gasteiger partial charge in [0.25, 0.3) is 0 Å². The monoisotopic (exact) mass is 338 g/mol. The van der Waals surface area contributed by atoms with Crippen LogP contribution in [0.15, 0.2) is 24.3 Å². The standard InChI is InChI=1S/C17H23ClN2O3/c1-17(10-21,12-4-5-12)20-16(22)19-14-8-9-23-15(14)11-2-6-13(18)7-3-11/h2-3,6-7,12,14-15,21H,4-5,8-10H2,1H3,(H2,19,20,22). The highest BCUT2D eigenvalue weighted by Gasteiger charge is 2.42. The summed E-state index contributed by atoms with van der Waals surface area (Å²) in [6.45, 7) is 2.46. The molecule has 0 radical (unpaired) electrons. The highest BCUT2D eigenvalue weighted by Crippen LogP contribution is 2.39. The highest BCUT2D eigenvalue weighted by atomic mass is 35.5. The van der Waals surface area contributed by atoms with Crippen LogP contribution in [0, 0.1) is 5.92 Å². The van der Waals surface area contributed by atoms with Crippen LogP contribution < -0.4 is 10.6 Å². The molecule has 1 aromatic rings. The number of amides is 2. The first-order valence-electron chi connectivity index (χ1n) is 8.08. The van der Waals surface area contributed by atoms with Gasteiger partial charge in [0.15, 0.2) is 0 Å². The largest absolute Gasteiger partial charge is 0.394 e.